The molecule has 0 aliphatic rings. The van der Waals surface area contributed by atoms with Gasteiger partial charge in [-0.25, -0.2) is 14.5 Å². The van der Waals surface area contributed by atoms with Crippen molar-refractivity contribution < 1.29 is 27.8 Å². The number of aliphatic hydroxyl groups is 1. The lowest BCUT2D eigenvalue weighted by atomic mass is 10.1. The molecule has 0 radical (unpaired) electrons. The van der Waals surface area contributed by atoms with Crippen molar-refractivity contribution in [2.24, 2.45) is 0 Å². The number of aromatic nitrogens is 3. The lowest BCUT2D eigenvalue weighted by Gasteiger charge is -2.16. The lowest BCUT2D eigenvalue weighted by molar-refractivity contribution is 0.173. The molecular formula is C15H18ClN5O6S. The molecular weight excluding hydrogens is 414 g/mol. The van der Waals surface area contributed by atoms with Crippen molar-refractivity contribution in [2.45, 2.75) is 23.4 Å². The molecule has 2 atom stereocenters. The van der Waals surface area contributed by atoms with E-state index >= 15 is 0 Å². The van der Waals surface area contributed by atoms with Gasteiger partial charge in [0.1, 0.15) is 0 Å². The maximum Gasteiger partial charge on any atom is 0.335 e. The summed E-state index contributed by atoms with van der Waals surface area (Å²) in [5.74, 6) is -0.0629. The average Bonchev–Trinajstić information content (AvgIpc) is 2.66. The number of amides is 2. The number of hydrogen-bond donors (Lipinski definition) is 3. The minimum atomic E-state index is -4.43. The summed E-state index contributed by atoms with van der Waals surface area (Å²) in [5, 5.41) is 11.0. The Hall–Kier alpha value is -2.70. The molecule has 0 aromatic carbocycles. The summed E-state index contributed by atoms with van der Waals surface area (Å²) < 4.78 is 36.8. The summed E-state index contributed by atoms with van der Waals surface area (Å²) in [6.07, 6.45) is -0.103. The topological polar surface area (TPSA) is 153 Å². The Morgan fingerprint density at radius 3 is 2.39 bits per heavy atom. The molecule has 2 rings (SSSR count). The van der Waals surface area contributed by atoms with Crippen LogP contribution in [0.2, 0.25) is 0 Å². The van der Waals surface area contributed by atoms with Crippen molar-refractivity contribution in [1.82, 2.24) is 19.7 Å². The second kappa shape index (κ2) is 8.99. The highest BCUT2D eigenvalue weighted by Gasteiger charge is 2.28. The molecule has 0 bridgehead atoms. The van der Waals surface area contributed by atoms with Gasteiger partial charge in [-0.05, 0) is 13.0 Å². The average molecular weight is 432 g/mol. The number of rotatable bonds is 7. The third-order valence-electron chi connectivity index (χ3n) is 3.36. The van der Waals surface area contributed by atoms with E-state index in [4.69, 9.17) is 21.1 Å². The highest BCUT2D eigenvalue weighted by atomic mass is 35.5. The van der Waals surface area contributed by atoms with Gasteiger partial charge in [-0.3, -0.25) is 5.32 Å². The second-order valence-electron chi connectivity index (χ2n) is 5.36. The zero-order valence-electron chi connectivity index (χ0n) is 15.1. The van der Waals surface area contributed by atoms with Crippen molar-refractivity contribution in [1.29, 1.82) is 0 Å². The minimum Gasteiger partial charge on any atom is -0.481 e. The fraction of sp³-hybridized carbons (Fsp3) is 0.333. The number of nitrogens with zero attached hydrogens (tertiary/aromatic N) is 3. The molecule has 13 heteroatoms. The van der Waals surface area contributed by atoms with Crippen molar-refractivity contribution in [3.63, 3.8) is 0 Å². The van der Waals surface area contributed by atoms with Crippen molar-refractivity contribution >= 4 is 33.6 Å². The lowest BCUT2D eigenvalue weighted by Crippen LogP contribution is -2.36. The minimum absolute atomic E-state index is 0.0513. The van der Waals surface area contributed by atoms with Gasteiger partial charge >= 0.3 is 6.03 Å². The summed E-state index contributed by atoms with van der Waals surface area (Å²) in [4.78, 5) is 23.6. The molecule has 0 fully saturated rings. The highest BCUT2D eigenvalue weighted by Crippen LogP contribution is 2.25. The standard InChI is InChI=1S/C15H18ClN5O6S/c1-8(16)12(22)9-5-4-6-17-13(9)28(24,25)21-15(23)20-14-18-10(26-2)7-11(19-14)27-3/h4-8,12,22H,1-3H3,(H2,18,19,20,21,23). The molecule has 0 aliphatic heterocycles. The smallest absolute Gasteiger partial charge is 0.335 e. The van der Waals surface area contributed by atoms with Gasteiger partial charge in [-0.1, -0.05) is 6.07 Å². The summed E-state index contributed by atoms with van der Waals surface area (Å²) >= 11 is 5.84. The molecule has 0 saturated heterocycles. The number of aliphatic hydroxyl groups excluding tert-OH is 1. The Bertz CT molecular complexity index is 933. The predicted molar refractivity (Wildman–Crippen MR) is 99.0 cm³/mol. The molecule has 2 aromatic rings. The first-order valence-corrected chi connectivity index (χ1v) is 9.67. The third kappa shape index (κ3) is 5.18. The van der Waals surface area contributed by atoms with E-state index in [2.05, 4.69) is 20.3 Å². The van der Waals surface area contributed by atoms with Crippen LogP contribution in [0.5, 0.6) is 11.8 Å². The first-order chi connectivity index (χ1) is 13.2. The van der Waals surface area contributed by atoms with Crippen LogP contribution >= 0.6 is 11.6 Å². The van der Waals surface area contributed by atoms with Crippen LogP contribution in [0.15, 0.2) is 29.4 Å². The Kier molecular flexibility index (Phi) is 6.94. The Morgan fingerprint density at radius 1 is 1.25 bits per heavy atom. The van der Waals surface area contributed by atoms with Crippen LogP contribution in [0.1, 0.15) is 18.6 Å². The molecule has 2 unspecified atom stereocenters. The number of carbonyl (C=O) groups is 1. The van der Waals surface area contributed by atoms with Gasteiger partial charge in [0, 0.05) is 11.8 Å². The van der Waals surface area contributed by atoms with Gasteiger partial charge in [0.05, 0.1) is 31.8 Å². The van der Waals surface area contributed by atoms with E-state index in [1.165, 1.54) is 45.5 Å². The third-order valence-corrected chi connectivity index (χ3v) is 4.90. The van der Waals surface area contributed by atoms with Crippen LogP contribution in [0.4, 0.5) is 10.7 Å². The molecule has 3 N–H and O–H groups in total. The molecule has 2 heterocycles. The van der Waals surface area contributed by atoms with Crippen molar-refractivity contribution in [3.05, 3.63) is 30.0 Å². The van der Waals surface area contributed by atoms with Gasteiger partial charge in [-0.15, -0.1) is 11.6 Å². The van der Waals surface area contributed by atoms with Gasteiger partial charge in [0.25, 0.3) is 10.0 Å². The molecule has 0 saturated carbocycles. The zero-order valence-corrected chi connectivity index (χ0v) is 16.7. The highest BCUT2D eigenvalue weighted by molar-refractivity contribution is 7.90. The summed E-state index contributed by atoms with van der Waals surface area (Å²) in [6.45, 7) is 1.49. The molecule has 28 heavy (non-hydrogen) atoms. The van der Waals surface area contributed by atoms with Crippen LogP contribution in [0, 0.1) is 0 Å². The van der Waals surface area contributed by atoms with Gasteiger partial charge in [-0.2, -0.15) is 18.4 Å². The number of ether oxygens (including phenoxy) is 2. The van der Waals surface area contributed by atoms with E-state index < -0.39 is 32.6 Å². The fourth-order valence-electron chi connectivity index (χ4n) is 2.07. The van der Waals surface area contributed by atoms with Gasteiger partial charge in [0.2, 0.25) is 17.7 Å². The number of pyridine rings is 1. The second-order valence-corrected chi connectivity index (χ2v) is 7.64. The number of hydrogen-bond acceptors (Lipinski definition) is 9. The van der Waals surface area contributed by atoms with Crippen LogP contribution in [0.3, 0.4) is 0 Å². The number of nitrogens with one attached hydrogen (secondary N) is 2. The van der Waals surface area contributed by atoms with E-state index in [1.807, 2.05) is 0 Å². The molecule has 0 spiro atoms. The number of halogens is 1. The van der Waals surface area contributed by atoms with E-state index in [0.717, 1.165) is 0 Å². The Labute approximate surface area is 166 Å². The summed E-state index contributed by atoms with van der Waals surface area (Å²) in [5.41, 5.74) is -0.0513. The zero-order chi connectivity index (χ0) is 20.9. The van der Waals surface area contributed by atoms with E-state index in [9.17, 15) is 18.3 Å². The number of methoxy groups -OCH3 is 2. The number of carbonyl (C=O) groups excluding carboxylic acids is 1. The van der Waals surface area contributed by atoms with Crippen LogP contribution in [-0.2, 0) is 10.0 Å². The fourth-order valence-corrected chi connectivity index (χ4v) is 3.29. The van der Waals surface area contributed by atoms with Gasteiger partial charge in [0.15, 0.2) is 5.03 Å². The molecule has 2 aromatic heterocycles. The largest absolute Gasteiger partial charge is 0.481 e. The van der Waals surface area contributed by atoms with Crippen molar-refractivity contribution in [2.75, 3.05) is 19.5 Å². The predicted octanol–water partition coefficient (Wildman–Crippen LogP) is 1.06. The number of anilines is 1. The molecule has 11 nitrogen and oxygen atoms in total. The van der Waals surface area contributed by atoms with Crippen LogP contribution < -0.4 is 19.5 Å². The number of urea groups is 1. The maximum absolute atomic E-state index is 12.5. The van der Waals surface area contributed by atoms with E-state index in [-0.39, 0.29) is 23.3 Å². The van der Waals surface area contributed by atoms with Crippen LogP contribution in [-0.4, -0.2) is 54.1 Å². The maximum atomic E-state index is 12.5. The summed E-state index contributed by atoms with van der Waals surface area (Å²) in [6, 6.07) is 3.00. The number of alkyl halides is 1. The summed E-state index contributed by atoms with van der Waals surface area (Å²) in [7, 11) is -1.73. The molecule has 152 valence electrons. The van der Waals surface area contributed by atoms with Crippen molar-refractivity contribution in [3.8, 4) is 11.8 Å². The first kappa shape index (κ1) is 21.6. The first-order valence-electron chi connectivity index (χ1n) is 7.76. The van der Waals surface area contributed by atoms with Crippen LogP contribution in [0.25, 0.3) is 0 Å². The quantitative estimate of drug-likeness (QED) is 0.546. The SMILES string of the molecule is COc1cc(OC)nc(NC(=O)NS(=O)(=O)c2ncccc2C(O)C(C)Cl)n1. The van der Waals surface area contributed by atoms with Gasteiger partial charge < -0.3 is 14.6 Å². The Balaban J connectivity index is 2.25. The van der Waals surface area contributed by atoms with E-state index in [0.29, 0.717) is 0 Å². The monoisotopic (exact) mass is 431 g/mol. The normalized spacial score (nSPS) is 13.3. The molecule has 0 aliphatic carbocycles. The number of sulfonamides is 1. The molecule has 2 amide bonds. The Morgan fingerprint density at radius 2 is 1.86 bits per heavy atom. The van der Waals surface area contributed by atoms with E-state index in [1.54, 1.807) is 4.72 Å².